The number of ketones is 1. The summed E-state index contributed by atoms with van der Waals surface area (Å²) in [5, 5.41) is 8.80. The number of carboxylic acid groups (broad SMARTS) is 1. The molecule has 0 fully saturated rings. The topological polar surface area (TPSA) is 70.8 Å². The number of nitrogens with zero attached hydrogens (tertiary/aromatic N) is 1. The minimum absolute atomic E-state index is 0.0111. The molecule has 0 saturated carbocycles. The van der Waals surface area contributed by atoms with Crippen LogP contribution in [-0.4, -0.2) is 34.8 Å². The van der Waals surface area contributed by atoms with Crippen LogP contribution in [0.25, 0.3) is 0 Å². The molecule has 0 unspecified atom stereocenters. The van der Waals surface area contributed by atoms with Crippen LogP contribution in [0.4, 0.5) is 0 Å². The summed E-state index contributed by atoms with van der Waals surface area (Å²) in [4.78, 5) is 24.7. The molecular weight excluding hydrogens is 270 g/mol. The zero-order valence-corrected chi connectivity index (χ0v) is 11.6. The Morgan fingerprint density at radius 2 is 1.86 bits per heavy atom. The molecule has 2 aromatic rings. The highest BCUT2D eigenvalue weighted by Gasteiger charge is 2.15. The Kier molecular flexibility index (Phi) is 5.29. The Balaban J connectivity index is 2.00. The average molecular weight is 287 g/mol. The molecule has 1 aromatic carbocycles. The monoisotopic (exact) mass is 287 g/mol. The van der Waals surface area contributed by atoms with Crippen molar-refractivity contribution in [1.29, 1.82) is 0 Å². The van der Waals surface area contributed by atoms with Gasteiger partial charge in [-0.25, -0.2) is 0 Å². The summed E-state index contributed by atoms with van der Waals surface area (Å²) in [5.41, 5.74) is 0.622. The number of carbonyl (C=O) groups is 2. The molecule has 0 amide bonds. The van der Waals surface area contributed by atoms with E-state index < -0.39 is 5.97 Å². The van der Waals surface area contributed by atoms with E-state index in [1.54, 1.807) is 47.6 Å². The molecule has 0 saturated heterocycles. The molecule has 21 heavy (non-hydrogen) atoms. The predicted octanol–water partition coefficient (Wildman–Crippen LogP) is 2.44. The Hall–Kier alpha value is -2.40. The molecule has 0 aliphatic rings. The molecule has 110 valence electrons. The van der Waals surface area contributed by atoms with Crippen LogP contribution in [0.5, 0.6) is 0 Å². The van der Waals surface area contributed by atoms with E-state index in [-0.39, 0.29) is 18.7 Å². The van der Waals surface area contributed by atoms with Crippen molar-refractivity contribution in [1.82, 2.24) is 4.90 Å². The second-order valence-electron chi connectivity index (χ2n) is 4.72. The van der Waals surface area contributed by atoms with E-state index >= 15 is 0 Å². The van der Waals surface area contributed by atoms with Crippen LogP contribution in [-0.2, 0) is 11.3 Å². The Morgan fingerprint density at radius 3 is 2.48 bits per heavy atom. The van der Waals surface area contributed by atoms with Crippen molar-refractivity contribution in [3.05, 3.63) is 60.1 Å². The van der Waals surface area contributed by atoms with E-state index in [0.29, 0.717) is 24.4 Å². The van der Waals surface area contributed by atoms with Gasteiger partial charge in [0.1, 0.15) is 5.76 Å². The number of carbonyl (C=O) groups excluding carboxylic acids is 1. The fourth-order valence-electron chi connectivity index (χ4n) is 2.01. The molecular formula is C16H17NO4. The summed E-state index contributed by atoms with van der Waals surface area (Å²) in [5.74, 6) is -0.208. The minimum Gasteiger partial charge on any atom is -0.481 e. The lowest BCUT2D eigenvalue weighted by Crippen LogP contribution is -2.31. The predicted molar refractivity (Wildman–Crippen MR) is 77.0 cm³/mol. The van der Waals surface area contributed by atoms with E-state index in [4.69, 9.17) is 9.52 Å². The van der Waals surface area contributed by atoms with E-state index in [0.717, 1.165) is 0 Å². The number of rotatable bonds is 8. The number of furan rings is 1. The maximum Gasteiger partial charge on any atom is 0.304 e. The summed E-state index contributed by atoms with van der Waals surface area (Å²) in [6.07, 6.45) is 1.55. The lowest BCUT2D eigenvalue weighted by atomic mass is 10.1. The minimum atomic E-state index is -0.883. The smallest absolute Gasteiger partial charge is 0.304 e. The van der Waals surface area contributed by atoms with E-state index in [1.165, 1.54) is 0 Å². The molecule has 0 aliphatic carbocycles. The lowest BCUT2D eigenvalue weighted by Gasteiger charge is -2.19. The summed E-state index contributed by atoms with van der Waals surface area (Å²) in [6.45, 7) is 0.880. The van der Waals surface area contributed by atoms with Gasteiger partial charge in [-0.1, -0.05) is 30.3 Å². The fraction of sp³-hybridized carbons (Fsp3) is 0.250. The summed E-state index contributed by atoms with van der Waals surface area (Å²) in [7, 11) is 0. The molecule has 1 heterocycles. The van der Waals surface area contributed by atoms with Crippen molar-refractivity contribution in [3.8, 4) is 0 Å². The molecule has 0 radical (unpaired) electrons. The third-order valence-corrected chi connectivity index (χ3v) is 3.06. The van der Waals surface area contributed by atoms with Crippen molar-refractivity contribution in [2.24, 2.45) is 0 Å². The third-order valence-electron chi connectivity index (χ3n) is 3.06. The zero-order chi connectivity index (χ0) is 15.1. The van der Waals surface area contributed by atoms with Gasteiger partial charge in [-0.3, -0.25) is 14.5 Å². The fourth-order valence-corrected chi connectivity index (χ4v) is 2.01. The Morgan fingerprint density at radius 1 is 1.10 bits per heavy atom. The lowest BCUT2D eigenvalue weighted by molar-refractivity contribution is -0.137. The van der Waals surface area contributed by atoms with Gasteiger partial charge in [-0.05, 0) is 12.1 Å². The number of aliphatic carboxylic acids is 1. The van der Waals surface area contributed by atoms with Gasteiger partial charge in [-0.15, -0.1) is 0 Å². The number of hydrogen-bond acceptors (Lipinski definition) is 4. The molecule has 0 spiro atoms. The highest BCUT2D eigenvalue weighted by molar-refractivity contribution is 5.97. The maximum atomic E-state index is 12.2. The maximum absolute atomic E-state index is 12.2. The Labute approximate surface area is 122 Å². The van der Waals surface area contributed by atoms with Crippen molar-refractivity contribution in [2.75, 3.05) is 13.1 Å². The average Bonchev–Trinajstić information content (AvgIpc) is 2.98. The van der Waals surface area contributed by atoms with E-state index in [9.17, 15) is 9.59 Å². The number of carboxylic acids is 1. The molecule has 0 atom stereocenters. The van der Waals surface area contributed by atoms with Crippen LogP contribution >= 0.6 is 0 Å². The van der Waals surface area contributed by atoms with Gasteiger partial charge in [0.15, 0.2) is 5.78 Å². The standard InChI is InChI=1S/C16H17NO4/c18-15(13-5-2-1-3-6-13)12-17(9-8-16(19)20)11-14-7-4-10-21-14/h1-7,10H,8-9,11-12H2,(H,19,20). The van der Waals surface area contributed by atoms with Crippen LogP contribution in [0.2, 0.25) is 0 Å². The van der Waals surface area contributed by atoms with E-state index in [2.05, 4.69) is 0 Å². The molecule has 5 nitrogen and oxygen atoms in total. The first-order valence-corrected chi connectivity index (χ1v) is 6.70. The third kappa shape index (κ3) is 4.89. The SMILES string of the molecule is O=C(O)CCN(CC(=O)c1ccccc1)Cc1ccco1. The van der Waals surface area contributed by atoms with Crippen molar-refractivity contribution in [2.45, 2.75) is 13.0 Å². The van der Waals surface area contributed by atoms with Gasteiger partial charge in [0.2, 0.25) is 0 Å². The highest BCUT2D eigenvalue weighted by atomic mass is 16.4. The summed E-state index contributed by atoms with van der Waals surface area (Å²) >= 11 is 0. The van der Waals surface area contributed by atoms with Crippen molar-refractivity contribution in [3.63, 3.8) is 0 Å². The number of benzene rings is 1. The van der Waals surface area contributed by atoms with Gasteiger partial charge < -0.3 is 9.52 Å². The molecule has 2 rings (SSSR count). The quantitative estimate of drug-likeness (QED) is 0.755. The first-order chi connectivity index (χ1) is 10.1. The van der Waals surface area contributed by atoms with Crippen LogP contribution < -0.4 is 0 Å². The highest BCUT2D eigenvalue weighted by Crippen LogP contribution is 2.08. The molecule has 0 bridgehead atoms. The van der Waals surface area contributed by atoms with Gasteiger partial charge in [0, 0.05) is 12.1 Å². The molecule has 1 N–H and O–H groups in total. The van der Waals surface area contributed by atoms with Crippen LogP contribution in [0.3, 0.4) is 0 Å². The largest absolute Gasteiger partial charge is 0.481 e. The van der Waals surface area contributed by atoms with Gasteiger partial charge in [0.25, 0.3) is 0 Å². The van der Waals surface area contributed by atoms with Crippen LogP contribution in [0, 0.1) is 0 Å². The van der Waals surface area contributed by atoms with Gasteiger partial charge in [-0.2, -0.15) is 0 Å². The van der Waals surface area contributed by atoms with Gasteiger partial charge in [0.05, 0.1) is 25.8 Å². The summed E-state index contributed by atoms with van der Waals surface area (Å²) < 4.78 is 5.26. The molecule has 5 heteroatoms. The number of hydrogen-bond donors (Lipinski definition) is 1. The summed E-state index contributed by atoms with van der Waals surface area (Å²) in [6, 6.07) is 12.5. The number of Topliss-reactive ketones (excluding diaryl/α,β-unsaturated/α-hetero) is 1. The normalized spacial score (nSPS) is 10.7. The van der Waals surface area contributed by atoms with Gasteiger partial charge >= 0.3 is 5.97 Å². The first kappa shape index (κ1) is 15.0. The second-order valence-corrected chi connectivity index (χ2v) is 4.72. The van der Waals surface area contributed by atoms with Crippen LogP contribution in [0.1, 0.15) is 22.5 Å². The second kappa shape index (κ2) is 7.40. The van der Waals surface area contributed by atoms with Crippen molar-refractivity contribution < 1.29 is 19.1 Å². The zero-order valence-electron chi connectivity index (χ0n) is 11.6. The van der Waals surface area contributed by atoms with Crippen LogP contribution in [0.15, 0.2) is 53.1 Å². The van der Waals surface area contributed by atoms with Crippen molar-refractivity contribution >= 4 is 11.8 Å². The molecule has 0 aliphatic heterocycles. The molecule has 1 aromatic heterocycles. The Bertz CT molecular complexity index is 578. The first-order valence-electron chi connectivity index (χ1n) is 6.70. The van der Waals surface area contributed by atoms with E-state index in [1.807, 2.05) is 6.07 Å².